The normalized spacial score (nSPS) is 27.4. The molecule has 1 aliphatic heterocycles. The molecule has 1 saturated heterocycles. The smallest absolute Gasteiger partial charge is 0.207 e. The topological polar surface area (TPSA) is 69.5 Å². The lowest BCUT2D eigenvalue weighted by Crippen LogP contribution is -2.21. The van der Waals surface area contributed by atoms with Crippen molar-refractivity contribution in [3.63, 3.8) is 0 Å². The Kier molecular flexibility index (Phi) is 3.53. The van der Waals surface area contributed by atoms with Crippen LogP contribution in [0.15, 0.2) is 0 Å². The number of nitrogens with zero attached hydrogens (tertiary/aromatic N) is 3. The van der Waals surface area contributed by atoms with E-state index in [0.29, 0.717) is 24.1 Å². The second kappa shape index (κ2) is 4.71. The summed E-state index contributed by atoms with van der Waals surface area (Å²) in [6, 6.07) is 0. The maximum Gasteiger partial charge on any atom is 0.207 e. The Morgan fingerprint density at radius 1 is 1.47 bits per heavy atom. The van der Waals surface area contributed by atoms with Crippen LogP contribution in [0.25, 0.3) is 0 Å². The molecule has 0 amide bonds. The van der Waals surface area contributed by atoms with Gasteiger partial charge in [-0.25, -0.2) is 0 Å². The van der Waals surface area contributed by atoms with Gasteiger partial charge in [0.2, 0.25) is 4.47 Å². The molecule has 2 rings (SSSR count). The van der Waals surface area contributed by atoms with Gasteiger partial charge < -0.3 is 10.2 Å². The summed E-state index contributed by atoms with van der Waals surface area (Å²) in [5.41, 5.74) is 0. The summed E-state index contributed by atoms with van der Waals surface area (Å²) in [6.45, 7) is 1.92. The van der Waals surface area contributed by atoms with E-state index in [2.05, 4.69) is 10.2 Å². The summed E-state index contributed by atoms with van der Waals surface area (Å²) in [6.07, 6.45) is -0.446. The van der Waals surface area contributed by atoms with Gasteiger partial charge in [-0.3, -0.25) is 4.90 Å². The fraction of sp³-hybridized carbons (Fsp3) is 0.750. The van der Waals surface area contributed by atoms with Crippen LogP contribution in [0.5, 0.6) is 0 Å². The highest BCUT2D eigenvalue weighted by molar-refractivity contribution is 7.15. The minimum atomic E-state index is -0.446. The van der Waals surface area contributed by atoms with E-state index in [9.17, 15) is 5.11 Å². The molecule has 0 aliphatic carbocycles. The molecule has 2 unspecified atom stereocenters. The van der Waals surface area contributed by atoms with E-state index in [1.807, 2.05) is 4.90 Å². The fourth-order valence-electron chi connectivity index (χ4n) is 1.74. The highest BCUT2D eigenvalue weighted by atomic mass is 35.5. The average molecular weight is 250 g/mol. The molecule has 0 saturated carbocycles. The van der Waals surface area contributed by atoms with Crippen LogP contribution < -0.4 is 0 Å². The van der Waals surface area contributed by atoms with E-state index >= 15 is 0 Å². The van der Waals surface area contributed by atoms with Crippen LogP contribution in [0.2, 0.25) is 4.47 Å². The number of aliphatic hydroxyl groups excluding tert-OH is 2. The Balaban J connectivity index is 1.92. The molecule has 2 N–H and O–H groups in total. The highest BCUT2D eigenvalue weighted by Gasteiger charge is 2.30. The first-order valence-electron chi connectivity index (χ1n) is 4.68. The molecule has 0 aromatic carbocycles. The lowest BCUT2D eigenvalue weighted by atomic mass is 10.1. The Morgan fingerprint density at radius 2 is 2.27 bits per heavy atom. The fourth-order valence-corrected chi connectivity index (χ4v) is 2.65. The maximum absolute atomic E-state index is 9.58. The minimum Gasteiger partial charge on any atom is -0.396 e. The van der Waals surface area contributed by atoms with E-state index in [1.165, 1.54) is 11.3 Å². The zero-order valence-electron chi connectivity index (χ0n) is 8.01. The summed E-state index contributed by atoms with van der Waals surface area (Å²) in [5, 5.41) is 27.0. The molecule has 7 heteroatoms. The largest absolute Gasteiger partial charge is 0.396 e. The molecular weight excluding hydrogens is 238 g/mol. The average Bonchev–Trinajstić information content (AvgIpc) is 2.73. The van der Waals surface area contributed by atoms with Crippen LogP contribution >= 0.6 is 22.9 Å². The van der Waals surface area contributed by atoms with Crippen LogP contribution in [-0.4, -0.2) is 51.1 Å². The summed E-state index contributed by atoms with van der Waals surface area (Å²) in [7, 11) is 0. The van der Waals surface area contributed by atoms with Crippen LogP contribution in [-0.2, 0) is 6.54 Å². The van der Waals surface area contributed by atoms with Gasteiger partial charge in [-0.2, -0.15) is 0 Å². The molecule has 1 aromatic rings. The minimum absolute atomic E-state index is 0.0224. The molecule has 1 fully saturated rings. The van der Waals surface area contributed by atoms with E-state index in [1.54, 1.807) is 0 Å². The summed E-state index contributed by atoms with van der Waals surface area (Å²) >= 11 is 7.01. The molecular formula is C8H12ClN3O2S. The van der Waals surface area contributed by atoms with Gasteiger partial charge in [0.15, 0.2) is 0 Å². The van der Waals surface area contributed by atoms with Gasteiger partial charge in [0.05, 0.1) is 12.6 Å². The third-order valence-corrected chi connectivity index (χ3v) is 3.52. The number of halogens is 1. The van der Waals surface area contributed by atoms with Gasteiger partial charge >= 0.3 is 0 Å². The molecule has 1 aromatic heterocycles. The molecule has 1 aliphatic rings. The molecule has 0 spiro atoms. The lowest BCUT2D eigenvalue weighted by Gasteiger charge is -2.11. The van der Waals surface area contributed by atoms with Gasteiger partial charge in [-0.15, -0.1) is 10.2 Å². The van der Waals surface area contributed by atoms with Crippen molar-refractivity contribution in [2.75, 3.05) is 19.7 Å². The number of hydrogen-bond acceptors (Lipinski definition) is 6. The molecule has 0 radical (unpaired) electrons. The van der Waals surface area contributed by atoms with Crippen molar-refractivity contribution in [3.05, 3.63) is 9.47 Å². The standard InChI is InChI=1S/C8H12ClN3O2S/c9-8-11-10-7(15-8)3-12-1-5(4-13)6(14)2-12/h5-6,13-14H,1-4H2. The van der Waals surface area contributed by atoms with Gasteiger partial charge in [0.25, 0.3) is 0 Å². The first kappa shape index (κ1) is 11.2. The second-order valence-corrected chi connectivity index (χ2v) is 5.30. The molecule has 0 bridgehead atoms. The van der Waals surface area contributed by atoms with E-state index in [0.717, 1.165) is 5.01 Å². The predicted molar refractivity (Wildman–Crippen MR) is 56.8 cm³/mol. The molecule has 15 heavy (non-hydrogen) atoms. The monoisotopic (exact) mass is 249 g/mol. The van der Waals surface area contributed by atoms with Crippen molar-refractivity contribution < 1.29 is 10.2 Å². The quantitative estimate of drug-likeness (QED) is 0.788. The number of likely N-dealkylation sites (tertiary alicyclic amines) is 1. The van der Waals surface area contributed by atoms with E-state index in [-0.39, 0.29) is 12.5 Å². The van der Waals surface area contributed by atoms with Crippen LogP contribution in [0.3, 0.4) is 0 Å². The number of aliphatic hydroxyl groups is 2. The van der Waals surface area contributed by atoms with Crippen molar-refractivity contribution >= 4 is 22.9 Å². The number of β-amino-alcohol motifs (C(OH)–C–C–N with tert-alkyl or cyclic N) is 1. The number of hydrogen-bond donors (Lipinski definition) is 2. The summed E-state index contributed by atoms with van der Waals surface area (Å²) in [4.78, 5) is 2.04. The van der Waals surface area contributed by atoms with Crippen molar-refractivity contribution in [3.8, 4) is 0 Å². The Morgan fingerprint density at radius 3 is 2.80 bits per heavy atom. The molecule has 84 valence electrons. The number of aromatic nitrogens is 2. The SMILES string of the molecule is OCC1CN(Cc2nnc(Cl)s2)CC1O. The van der Waals surface area contributed by atoms with Gasteiger partial charge in [-0.1, -0.05) is 11.3 Å². The second-order valence-electron chi connectivity index (χ2n) is 3.65. The predicted octanol–water partition coefficient (Wildman–Crippen LogP) is -0.0235. The van der Waals surface area contributed by atoms with E-state index in [4.69, 9.17) is 16.7 Å². The third kappa shape index (κ3) is 2.64. The Labute approximate surface area is 96.3 Å². The third-order valence-electron chi connectivity index (χ3n) is 2.52. The van der Waals surface area contributed by atoms with Crippen molar-refractivity contribution in [2.45, 2.75) is 12.6 Å². The summed E-state index contributed by atoms with van der Waals surface area (Å²) in [5.74, 6) is -0.0478. The van der Waals surface area contributed by atoms with Crippen LogP contribution in [0.4, 0.5) is 0 Å². The first-order chi connectivity index (χ1) is 7.19. The lowest BCUT2D eigenvalue weighted by molar-refractivity contribution is 0.103. The van der Waals surface area contributed by atoms with Crippen LogP contribution in [0, 0.1) is 5.92 Å². The van der Waals surface area contributed by atoms with E-state index < -0.39 is 6.10 Å². The van der Waals surface area contributed by atoms with Gasteiger partial charge in [-0.05, 0) is 11.6 Å². The van der Waals surface area contributed by atoms with Gasteiger partial charge in [0.1, 0.15) is 5.01 Å². The van der Waals surface area contributed by atoms with Gasteiger partial charge in [0, 0.05) is 25.6 Å². The van der Waals surface area contributed by atoms with Crippen molar-refractivity contribution in [1.29, 1.82) is 0 Å². The molecule has 2 heterocycles. The molecule has 5 nitrogen and oxygen atoms in total. The van der Waals surface area contributed by atoms with Crippen LogP contribution in [0.1, 0.15) is 5.01 Å². The Hall–Kier alpha value is -0.270. The highest BCUT2D eigenvalue weighted by Crippen LogP contribution is 2.21. The zero-order chi connectivity index (χ0) is 10.8. The maximum atomic E-state index is 9.58. The number of rotatable bonds is 3. The zero-order valence-corrected chi connectivity index (χ0v) is 9.58. The first-order valence-corrected chi connectivity index (χ1v) is 5.87. The Bertz CT molecular complexity index is 335. The summed E-state index contributed by atoms with van der Waals surface area (Å²) < 4.78 is 0.434. The van der Waals surface area contributed by atoms with Crippen molar-refractivity contribution in [2.24, 2.45) is 5.92 Å². The molecule has 2 atom stereocenters. The van der Waals surface area contributed by atoms with Crippen molar-refractivity contribution in [1.82, 2.24) is 15.1 Å².